The minimum absolute atomic E-state index is 0.00323. The minimum atomic E-state index is -0.453. The number of nitrogens with one attached hydrogen (secondary N) is 2. The number of hydrogen-bond donors (Lipinski definition) is 2. The molecule has 0 radical (unpaired) electrons. The van der Waals surface area contributed by atoms with Crippen molar-refractivity contribution in [2.75, 3.05) is 39.3 Å². The Hall–Kier alpha value is -2.66. The second-order valence-electron chi connectivity index (χ2n) is 7.32. The zero-order valence-electron chi connectivity index (χ0n) is 15.7. The van der Waals surface area contributed by atoms with Crippen molar-refractivity contribution in [2.45, 2.75) is 18.4 Å². The standard InChI is InChI=1S/C21H24N4O3/c26-19-7-13-25(20(27)23-19)18-5-3-17(4-6-18)2-1-12-24-14-15-28-21(16-24)8-10-22-11-9-21/h3-7,13,22H,8-12,14-16H2,(H,23,26,27). The quantitative estimate of drug-likeness (QED) is 0.735. The highest BCUT2D eigenvalue weighted by molar-refractivity contribution is 5.41. The minimum Gasteiger partial charge on any atom is -0.372 e. The average Bonchev–Trinajstić information content (AvgIpc) is 2.70. The van der Waals surface area contributed by atoms with Crippen molar-refractivity contribution in [1.82, 2.24) is 19.8 Å². The number of rotatable bonds is 2. The monoisotopic (exact) mass is 380 g/mol. The molecule has 2 aromatic rings. The highest BCUT2D eigenvalue weighted by Crippen LogP contribution is 2.27. The van der Waals surface area contributed by atoms with E-state index in [1.165, 1.54) is 16.8 Å². The van der Waals surface area contributed by atoms with Crippen molar-refractivity contribution in [3.8, 4) is 17.5 Å². The van der Waals surface area contributed by atoms with Gasteiger partial charge in [-0.3, -0.25) is 19.2 Å². The molecular formula is C21H24N4O3. The molecule has 0 bridgehead atoms. The molecule has 7 nitrogen and oxygen atoms in total. The Kier molecular flexibility index (Phi) is 5.44. The number of nitrogens with zero attached hydrogens (tertiary/aromatic N) is 2. The summed E-state index contributed by atoms with van der Waals surface area (Å²) in [6.45, 7) is 5.38. The lowest BCUT2D eigenvalue weighted by molar-refractivity contribution is -0.120. The number of piperidine rings is 1. The van der Waals surface area contributed by atoms with Crippen LogP contribution in [0.25, 0.3) is 5.69 Å². The van der Waals surface area contributed by atoms with Crippen LogP contribution in [0, 0.1) is 11.8 Å². The second-order valence-corrected chi connectivity index (χ2v) is 7.32. The van der Waals surface area contributed by atoms with Gasteiger partial charge in [-0.05, 0) is 50.2 Å². The lowest BCUT2D eigenvalue weighted by Gasteiger charge is -2.44. The fraction of sp³-hybridized carbons (Fsp3) is 0.429. The number of ether oxygens (including phenoxy) is 1. The lowest BCUT2D eigenvalue weighted by Crippen LogP contribution is -2.56. The summed E-state index contributed by atoms with van der Waals surface area (Å²) in [6.07, 6.45) is 3.59. The largest absolute Gasteiger partial charge is 0.372 e. The number of aromatic amines is 1. The molecule has 4 rings (SSSR count). The molecule has 2 aliphatic heterocycles. The SMILES string of the molecule is O=c1ccn(-c2ccc(C#CCN3CCOC4(CCNCC4)C3)cc2)c(=O)[nH]1. The average molecular weight is 380 g/mol. The molecule has 0 aliphatic carbocycles. The van der Waals surface area contributed by atoms with Crippen LogP contribution in [-0.4, -0.2) is 59.4 Å². The molecule has 2 saturated heterocycles. The second kappa shape index (κ2) is 8.15. The van der Waals surface area contributed by atoms with E-state index in [9.17, 15) is 9.59 Å². The van der Waals surface area contributed by atoms with Crippen LogP contribution in [0.4, 0.5) is 0 Å². The first-order valence-corrected chi connectivity index (χ1v) is 9.62. The maximum Gasteiger partial charge on any atom is 0.332 e. The first kappa shape index (κ1) is 18.7. The number of hydrogen-bond acceptors (Lipinski definition) is 5. The summed E-state index contributed by atoms with van der Waals surface area (Å²) in [5.74, 6) is 6.46. The molecule has 1 aromatic carbocycles. The molecule has 3 heterocycles. The molecule has 2 aliphatic rings. The number of morpholine rings is 1. The highest BCUT2D eigenvalue weighted by atomic mass is 16.5. The maximum absolute atomic E-state index is 11.9. The fourth-order valence-electron chi connectivity index (χ4n) is 3.82. The van der Waals surface area contributed by atoms with E-state index in [1.54, 1.807) is 0 Å². The van der Waals surface area contributed by atoms with Gasteiger partial charge in [0.2, 0.25) is 0 Å². The first-order valence-electron chi connectivity index (χ1n) is 9.62. The van der Waals surface area contributed by atoms with Crippen molar-refractivity contribution < 1.29 is 4.74 Å². The summed E-state index contributed by atoms with van der Waals surface area (Å²) in [6, 6.07) is 8.73. The number of H-pyrrole nitrogens is 1. The normalized spacial score (nSPS) is 19.1. The van der Waals surface area contributed by atoms with Gasteiger partial charge < -0.3 is 10.1 Å². The summed E-state index contributed by atoms with van der Waals surface area (Å²) in [7, 11) is 0. The Morgan fingerprint density at radius 3 is 2.64 bits per heavy atom. The Morgan fingerprint density at radius 2 is 1.89 bits per heavy atom. The highest BCUT2D eigenvalue weighted by Gasteiger charge is 2.37. The van der Waals surface area contributed by atoms with Crippen molar-refractivity contribution in [1.29, 1.82) is 0 Å². The summed E-state index contributed by atoms with van der Waals surface area (Å²) in [4.78, 5) is 27.7. The molecule has 0 unspecified atom stereocenters. The molecule has 0 saturated carbocycles. The molecular weight excluding hydrogens is 356 g/mol. The topological polar surface area (TPSA) is 79.4 Å². The van der Waals surface area contributed by atoms with Gasteiger partial charge >= 0.3 is 5.69 Å². The summed E-state index contributed by atoms with van der Waals surface area (Å²) < 4.78 is 7.49. The van der Waals surface area contributed by atoms with E-state index in [1.807, 2.05) is 24.3 Å². The summed E-state index contributed by atoms with van der Waals surface area (Å²) in [5, 5.41) is 3.39. The number of benzene rings is 1. The molecule has 1 aromatic heterocycles. The number of aromatic nitrogens is 2. The van der Waals surface area contributed by atoms with Gasteiger partial charge in [0.1, 0.15) is 0 Å². The maximum atomic E-state index is 11.9. The van der Waals surface area contributed by atoms with Crippen molar-refractivity contribution >= 4 is 0 Å². The molecule has 2 fully saturated rings. The van der Waals surface area contributed by atoms with Gasteiger partial charge in [0.25, 0.3) is 5.56 Å². The van der Waals surface area contributed by atoms with Gasteiger partial charge in [-0.15, -0.1) is 0 Å². The first-order chi connectivity index (χ1) is 13.6. The van der Waals surface area contributed by atoms with Gasteiger partial charge in [-0.25, -0.2) is 4.79 Å². The van der Waals surface area contributed by atoms with E-state index >= 15 is 0 Å². The smallest absolute Gasteiger partial charge is 0.332 e. The van der Waals surface area contributed by atoms with Crippen LogP contribution in [0.1, 0.15) is 18.4 Å². The predicted molar refractivity (Wildman–Crippen MR) is 107 cm³/mol. The van der Waals surface area contributed by atoms with E-state index in [-0.39, 0.29) is 5.60 Å². The summed E-state index contributed by atoms with van der Waals surface area (Å²) in [5.41, 5.74) is 0.721. The predicted octanol–water partition coefficient (Wildman–Crippen LogP) is 0.332. The van der Waals surface area contributed by atoms with Crippen LogP contribution in [0.3, 0.4) is 0 Å². The van der Waals surface area contributed by atoms with Gasteiger partial charge in [0.05, 0.1) is 24.4 Å². The van der Waals surface area contributed by atoms with Gasteiger partial charge in [0.15, 0.2) is 0 Å². The Morgan fingerprint density at radius 1 is 1.11 bits per heavy atom. The van der Waals surface area contributed by atoms with E-state index in [0.717, 1.165) is 57.7 Å². The van der Waals surface area contributed by atoms with Crippen LogP contribution in [0.15, 0.2) is 46.1 Å². The van der Waals surface area contributed by atoms with Crippen molar-refractivity contribution in [3.05, 3.63) is 62.9 Å². The van der Waals surface area contributed by atoms with Crippen molar-refractivity contribution in [2.24, 2.45) is 0 Å². The fourth-order valence-corrected chi connectivity index (χ4v) is 3.82. The third-order valence-electron chi connectivity index (χ3n) is 5.35. The summed E-state index contributed by atoms with van der Waals surface area (Å²) >= 11 is 0. The zero-order valence-corrected chi connectivity index (χ0v) is 15.7. The van der Waals surface area contributed by atoms with Gasteiger partial charge in [0, 0.05) is 30.9 Å². The van der Waals surface area contributed by atoms with Crippen LogP contribution < -0.4 is 16.6 Å². The van der Waals surface area contributed by atoms with Crippen LogP contribution in [-0.2, 0) is 4.74 Å². The van der Waals surface area contributed by atoms with E-state index < -0.39 is 11.2 Å². The van der Waals surface area contributed by atoms with Crippen LogP contribution in [0.5, 0.6) is 0 Å². The molecule has 146 valence electrons. The van der Waals surface area contributed by atoms with Gasteiger partial charge in [-0.1, -0.05) is 11.8 Å². The Labute approximate surface area is 163 Å². The van der Waals surface area contributed by atoms with E-state index in [0.29, 0.717) is 5.69 Å². The Balaban J connectivity index is 1.39. The molecule has 7 heteroatoms. The zero-order chi connectivity index (χ0) is 19.4. The third-order valence-corrected chi connectivity index (χ3v) is 5.35. The molecule has 2 N–H and O–H groups in total. The van der Waals surface area contributed by atoms with Crippen LogP contribution in [0.2, 0.25) is 0 Å². The molecule has 0 amide bonds. The molecule has 28 heavy (non-hydrogen) atoms. The molecule has 1 spiro atoms. The molecule has 0 atom stereocenters. The van der Waals surface area contributed by atoms with Gasteiger partial charge in [-0.2, -0.15) is 0 Å². The van der Waals surface area contributed by atoms with Crippen LogP contribution >= 0.6 is 0 Å². The van der Waals surface area contributed by atoms with E-state index in [2.05, 4.69) is 27.0 Å². The lowest BCUT2D eigenvalue weighted by atomic mass is 9.90. The van der Waals surface area contributed by atoms with Crippen molar-refractivity contribution in [3.63, 3.8) is 0 Å². The van der Waals surface area contributed by atoms with E-state index in [4.69, 9.17) is 4.74 Å². The Bertz CT molecular complexity index is 986. The third kappa shape index (κ3) is 4.25.